The first kappa shape index (κ1) is 16.8. The van der Waals surface area contributed by atoms with E-state index in [9.17, 15) is 9.70 Å². The summed E-state index contributed by atoms with van der Waals surface area (Å²) in [7, 11) is 0. The molecule has 0 radical (unpaired) electrons. The number of thiazole rings is 1. The highest BCUT2D eigenvalue weighted by Crippen LogP contribution is 2.49. The number of nitroso groups, excluding NO2 is 1. The molecule has 2 aromatic rings. The van der Waals surface area contributed by atoms with E-state index in [0.717, 1.165) is 18.5 Å². The first-order valence-electron chi connectivity index (χ1n) is 7.90. The van der Waals surface area contributed by atoms with E-state index in [-0.39, 0.29) is 16.4 Å². The maximum atomic E-state index is 11.2. The van der Waals surface area contributed by atoms with Crippen LogP contribution in [0.5, 0.6) is 10.9 Å². The summed E-state index contributed by atoms with van der Waals surface area (Å²) in [6.07, 6.45) is 2.23. The van der Waals surface area contributed by atoms with Crippen LogP contribution in [0.15, 0.2) is 29.4 Å². The number of fused-ring (bicyclic) bond motifs is 1. The third-order valence-electron chi connectivity index (χ3n) is 4.63. The van der Waals surface area contributed by atoms with E-state index in [4.69, 9.17) is 9.72 Å². The van der Waals surface area contributed by atoms with Crippen LogP contribution >= 0.6 is 11.3 Å². The molecule has 1 heterocycles. The maximum absolute atomic E-state index is 11.2. The lowest BCUT2D eigenvalue weighted by Gasteiger charge is -2.37. The third kappa shape index (κ3) is 2.98. The van der Waals surface area contributed by atoms with Gasteiger partial charge in [0.25, 0.3) is 5.19 Å². The van der Waals surface area contributed by atoms with Gasteiger partial charge in [0.15, 0.2) is 0 Å². The second-order valence-electron chi connectivity index (χ2n) is 7.45. The van der Waals surface area contributed by atoms with Crippen molar-refractivity contribution in [2.45, 2.75) is 51.4 Å². The summed E-state index contributed by atoms with van der Waals surface area (Å²) in [5.41, 5.74) is 1.53. The van der Waals surface area contributed by atoms with Gasteiger partial charge in [-0.15, -0.1) is 4.91 Å². The topological polar surface area (TPSA) is 68.6 Å². The van der Waals surface area contributed by atoms with E-state index in [1.165, 1.54) is 17.0 Å². The van der Waals surface area contributed by atoms with Crippen molar-refractivity contribution in [1.82, 2.24) is 4.98 Å². The van der Waals surface area contributed by atoms with Crippen LogP contribution in [-0.2, 0) is 10.8 Å². The van der Waals surface area contributed by atoms with Crippen LogP contribution in [0.3, 0.4) is 0 Å². The highest BCUT2D eigenvalue weighted by molar-refractivity contribution is 7.13. The Labute approximate surface area is 145 Å². The van der Waals surface area contributed by atoms with Crippen molar-refractivity contribution >= 4 is 17.2 Å². The lowest BCUT2D eigenvalue weighted by molar-refractivity contribution is 0.100. The smallest absolute Gasteiger partial charge is 0.316 e. The Balaban J connectivity index is 1.88. The number of benzene rings is 1. The van der Waals surface area contributed by atoms with Crippen molar-refractivity contribution in [3.8, 4) is 10.9 Å². The first-order chi connectivity index (χ1) is 11.2. The SMILES string of the molecule is CC1(C)CCC(C)(C)c2sc(Oc3ccc(C(=O)N=O)cc3)nc21. The minimum Gasteiger partial charge on any atom is -0.431 e. The zero-order chi connectivity index (χ0) is 17.5. The average molecular weight is 344 g/mol. The number of nitrogens with zero attached hydrogens (tertiary/aromatic N) is 2. The van der Waals surface area contributed by atoms with Crippen LogP contribution in [0.25, 0.3) is 0 Å². The van der Waals surface area contributed by atoms with Gasteiger partial charge in [0.1, 0.15) is 5.75 Å². The van der Waals surface area contributed by atoms with E-state index in [1.807, 2.05) is 0 Å². The zero-order valence-corrected chi connectivity index (χ0v) is 15.1. The quantitative estimate of drug-likeness (QED) is 0.718. The molecule has 1 aliphatic rings. The van der Waals surface area contributed by atoms with Crippen molar-refractivity contribution in [1.29, 1.82) is 0 Å². The van der Waals surface area contributed by atoms with Crippen LogP contribution in [-0.4, -0.2) is 10.9 Å². The molecule has 0 saturated carbocycles. The molecule has 0 fully saturated rings. The van der Waals surface area contributed by atoms with Gasteiger partial charge in [-0.25, -0.2) is 4.98 Å². The molecule has 0 N–H and O–H groups in total. The number of carbonyl (C=O) groups excluding carboxylic acids is 1. The van der Waals surface area contributed by atoms with Crippen LogP contribution in [0.1, 0.15) is 61.5 Å². The minimum atomic E-state index is -0.783. The predicted molar refractivity (Wildman–Crippen MR) is 94.0 cm³/mol. The fraction of sp³-hybridized carbons (Fsp3) is 0.444. The standard InChI is InChI=1S/C18H20N2O3S/c1-17(2)9-10-18(3,4)14-13(17)19-16(24-14)23-12-7-5-11(6-8-12)15(21)20-22/h5-8H,9-10H2,1-4H3. The molecule has 126 valence electrons. The number of carbonyl (C=O) groups is 1. The lowest BCUT2D eigenvalue weighted by atomic mass is 9.69. The molecule has 1 aromatic heterocycles. The molecule has 0 atom stereocenters. The van der Waals surface area contributed by atoms with E-state index in [2.05, 4.69) is 32.9 Å². The lowest BCUT2D eigenvalue weighted by Crippen LogP contribution is -2.32. The summed E-state index contributed by atoms with van der Waals surface area (Å²) >= 11 is 1.59. The number of rotatable bonds is 3. The molecule has 3 rings (SSSR count). The summed E-state index contributed by atoms with van der Waals surface area (Å²) in [4.78, 5) is 27.5. The largest absolute Gasteiger partial charge is 0.431 e. The monoisotopic (exact) mass is 344 g/mol. The molecule has 24 heavy (non-hydrogen) atoms. The molecule has 6 heteroatoms. The van der Waals surface area contributed by atoms with E-state index in [1.54, 1.807) is 23.5 Å². The van der Waals surface area contributed by atoms with Gasteiger partial charge in [-0.2, -0.15) is 0 Å². The summed E-state index contributed by atoms with van der Waals surface area (Å²) in [6.45, 7) is 8.93. The zero-order valence-electron chi connectivity index (χ0n) is 14.3. The van der Waals surface area contributed by atoms with Gasteiger partial charge < -0.3 is 4.74 Å². The van der Waals surface area contributed by atoms with Crippen molar-refractivity contribution in [2.24, 2.45) is 5.18 Å². The van der Waals surface area contributed by atoms with Crippen LogP contribution in [0.4, 0.5) is 0 Å². The number of ether oxygens (including phenoxy) is 1. The van der Waals surface area contributed by atoms with Gasteiger partial charge in [0.05, 0.1) is 5.69 Å². The Kier molecular flexibility index (Phi) is 4.03. The average Bonchev–Trinajstić information content (AvgIpc) is 2.98. The molecular weight excluding hydrogens is 324 g/mol. The second-order valence-corrected chi connectivity index (χ2v) is 8.41. The Hall–Kier alpha value is -2.08. The molecule has 1 aliphatic carbocycles. The fourth-order valence-corrected chi connectivity index (χ4v) is 4.18. The summed E-state index contributed by atoms with van der Waals surface area (Å²) in [6, 6.07) is 6.35. The summed E-state index contributed by atoms with van der Waals surface area (Å²) in [5.74, 6) is -0.200. The molecule has 0 aliphatic heterocycles. The highest BCUT2D eigenvalue weighted by atomic mass is 32.1. The summed E-state index contributed by atoms with van der Waals surface area (Å²) in [5, 5.41) is 3.02. The molecule has 0 bridgehead atoms. The van der Waals surface area contributed by atoms with Crippen LogP contribution in [0, 0.1) is 4.91 Å². The van der Waals surface area contributed by atoms with Crippen LogP contribution in [0.2, 0.25) is 0 Å². The fourth-order valence-electron chi connectivity index (χ4n) is 2.94. The molecule has 5 nitrogen and oxygen atoms in total. The van der Waals surface area contributed by atoms with Crippen molar-refractivity contribution in [3.63, 3.8) is 0 Å². The van der Waals surface area contributed by atoms with Crippen molar-refractivity contribution in [2.75, 3.05) is 0 Å². The minimum absolute atomic E-state index is 0.0505. The van der Waals surface area contributed by atoms with Crippen molar-refractivity contribution in [3.05, 3.63) is 45.3 Å². The highest BCUT2D eigenvalue weighted by Gasteiger charge is 2.40. The Morgan fingerprint density at radius 1 is 1.12 bits per heavy atom. The van der Waals surface area contributed by atoms with Gasteiger partial charge in [-0.05, 0) is 37.1 Å². The maximum Gasteiger partial charge on any atom is 0.316 e. The number of hydrogen-bond donors (Lipinski definition) is 0. The third-order valence-corrected chi connectivity index (χ3v) is 5.93. The molecule has 0 unspecified atom stereocenters. The number of aromatic nitrogens is 1. The van der Waals surface area contributed by atoms with E-state index in [0.29, 0.717) is 10.9 Å². The first-order valence-corrected chi connectivity index (χ1v) is 8.72. The van der Waals surface area contributed by atoms with Crippen LogP contribution < -0.4 is 4.74 Å². The normalized spacial score (nSPS) is 17.8. The predicted octanol–water partition coefficient (Wildman–Crippen LogP) is 5.19. The van der Waals surface area contributed by atoms with Gasteiger partial charge >= 0.3 is 5.91 Å². The Morgan fingerprint density at radius 3 is 2.33 bits per heavy atom. The van der Waals surface area contributed by atoms with E-state index < -0.39 is 5.91 Å². The van der Waals surface area contributed by atoms with Gasteiger partial charge in [-0.1, -0.05) is 39.0 Å². The van der Waals surface area contributed by atoms with Gasteiger partial charge in [0.2, 0.25) is 0 Å². The van der Waals surface area contributed by atoms with Crippen molar-refractivity contribution < 1.29 is 9.53 Å². The Bertz CT molecular complexity index is 758. The molecule has 0 spiro atoms. The molecule has 1 aromatic carbocycles. The Morgan fingerprint density at radius 2 is 1.75 bits per heavy atom. The van der Waals surface area contributed by atoms with Gasteiger partial charge in [-0.3, -0.25) is 4.79 Å². The molecule has 0 saturated heterocycles. The van der Waals surface area contributed by atoms with Gasteiger partial charge in [0, 0.05) is 26.4 Å². The summed E-state index contributed by atoms with van der Waals surface area (Å²) < 4.78 is 5.87. The second kappa shape index (κ2) is 5.77. The van der Waals surface area contributed by atoms with E-state index >= 15 is 0 Å². The number of amides is 1. The molecule has 1 amide bonds. The molecular formula is C18H20N2O3S. The number of hydrogen-bond acceptors (Lipinski definition) is 5.